The minimum absolute atomic E-state index is 0. The summed E-state index contributed by atoms with van der Waals surface area (Å²) in [7, 11) is -1.85. The van der Waals surface area contributed by atoms with Crippen LogP contribution in [0, 0.1) is 37.2 Å². The molecule has 46 heavy (non-hydrogen) atoms. The van der Waals surface area contributed by atoms with E-state index >= 15 is 0 Å². The summed E-state index contributed by atoms with van der Waals surface area (Å²) in [6.07, 6.45) is 3.08. The smallest absolute Gasteiger partial charge is 0.122 e. The average Bonchev–Trinajstić information content (AvgIpc) is 3.49. The summed E-state index contributed by atoms with van der Waals surface area (Å²) in [6, 6.07) is 37.8. The molecule has 4 aromatic carbocycles. The zero-order valence-corrected chi connectivity index (χ0v) is 28.9. The Bertz CT molecular complexity index is 2360. The topological polar surface area (TPSA) is 62.7 Å². The number of aryl methyl sites for hydroxylation is 2. The minimum atomic E-state index is -2.52. The number of furan rings is 1. The molecule has 0 aliphatic rings. The molecule has 0 N–H and O–H groups in total. The van der Waals surface area contributed by atoms with E-state index in [1.165, 1.54) is 6.20 Å². The van der Waals surface area contributed by atoms with Crippen molar-refractivity contribution in [1.82, 2.24) is 9.97 Å². The van der Waals surface area contributed by atoms with E-state index in [1.54, 1.807) is 42.6 Å². The molecule has 0 fully saturated rings. The molecule has 3 aromatic heterocycles. The second-order valence-electron chi connectivity index (χ2n) is 11.6. The number of nitrogens with zero attached hydrogens (tertiary/aromatic N) is 3. The van der Waals surface area contributed by atoms with Gasteiger partial charge in [0.25, 0.3) is 0 Å². The number of benzene rings is 4. The Morgan fingerprint density at radius 1 is 0.783 bits per heavy atom. The van der Waals surface area contributed by atoms with E-state index in [0.717, 1.165) is 27.2 Å². The van der Waals surface area contributed by atoms with Gasteiger partial charge >= 0.3 is 0 Å². The van der Waals surface area contributed by atoms with Crippen molar-refractivity contribution in [1.29, 1.82) is 5.26 Å². The molecule has 0 unspecified atom stereocenters. The van der Waals surface area contributed by atoms with Gasteiger partial charge in [-0.2, -0.15) is 5.26 Å². The van der Waals surface area contributed by atoms with Crippen LogP contribution in [-0.4, -0.2) is 18.0 Å². The Morgan fingerprint density at radius 3 is 2.35 bits per heavy atom. The molecule has 0 amide bonds. The first-order valence-electron chi connectivity index (χ1n) is 17.5. The number of rotatable bonds is 4. The zero-order chi connectivity index (χ0) is 36.6. The van der Waals surface area contributed by atoms with E-state index in [1.807, 2.05) is 60.7 Å². The monoisotopic (exact) mass is 798 g/mol. The molecule has 0 bridgehead atoms. The van der Waals surface area contributed by atoms with Gasteiger partial charge in [0, 0.05) is 46.1 Å². The number of nitriles is 1. The molecule has 6 heteroatoms. The van der Waals surface area contributed by atoms with Crippen LogP contribution < -0.4 is 5.19 Å². The van der Waals surface area contributed by atoms with Crippen LogP contribution in [0.3, 0.4) is 0 Å². The molecule has 0 saturated heterocycles. The van der Waals surface area contributed by atoms with E-state index < -0.39 is 21.8 Å². The third-order valence-corrected chi connectivity index (χ3v) is 9.59. The van der Waals surface area contributed by atoms with Crippen molar-refractivity contribution < 1.29 is 32.7 Å². The normalized spacial score (nSPS) is 13.4. The van der Waals surface area contributed by atoms with E-state index in [2.05, 4.69) is 47.8 Å². The van der Waals surface area contributed by atoms with E-state index in [4.69, 9.17) is 12.6 Å². The quantitative estimate of drug-likeness (QED) is 0.132. The predicted molar refractivity (Wildman–Crippen MR) is 187 cm³/mol. The number of fused-ring (bicyclic) bond motifs is 3. The molecular formula is C40H33IrN3OSi-2. The van der Waals surface area contributed by atoms with Crippen molar-refractivity contribution in [3.05, 3.63) is 138 Å². The maximum Gasteiger partial charge on any atom is 0.122 e. The van der Waals surface area contributed by atoms with Gasteiger partial charge < -0.3 is 14.4 Å². The summed E-state index contributed by atoms with van der Waals surface area (Å²) in [5.74, 6) is 0. The maximum absolute atomic E-state index is 9.28. The Kier molecular flexibility index (Phi) is 7.64. The second-order valence-corrected chi connectivity index (χ2v) is 16.7. The average molecular weight is 798 g/mol. The maximum atomic E-state index is 9.28. The van der Waals surface area contributed by atoms with Crippen LogP contribution in [0.25, 0.3) is 55.6 Å². The summed E-state index contributed by atoms with van der Waals surface area (Å²) in [5, 5.41) is 11.9. The SMILES string of the molecule is [2H]C([2H])([2H])c1cnc(-c2[c-]ccc3c2oc2cc(C#N)ccc23)cc1-c1ccc([Si](C)(C)C)cc1C([2H])([2H])[2H].[Ir].[c-]1ccccc1-c1ccccn1. The summed E-state index contributed by atoms with van der Waals surface area (Å²) in [6.45, 7) is 1.42. The Hall–Kier alpha value is -4.66. The van der Waals surface area contributed by atoms with Crippen LogP contribution in [0.15, 0.2) is 114 Å². The van der Waals surface area contributed by atoms with Crippen LogP contribution in [0.2, 0.25) is 19.6 Å². The van der Waals surface area contributed by atoms with Gasteiger partial charge in [-0.05, 0) is 65.5 Å². The van der Waals surface area contributed by atoms with Gasteiger partial charge in [0.05, 0.1) is 25.3 Å². The summed E-state index contributed by atoms with van der Waals surface area (Å²) in [4.78, 5) is 8.68. The fourth-order valence-corrected chi connectivity index (χ4v) is 6.30. The standard InChI is InChI=1S/C29H25N2OSi.C11H8N.Ir/c1-18-13-21(33(3,4)5)10-12-22(18)26-15-27(31-17-19(26)2)25-8-6-7-24-23-11-9-20(16-30)14-28(23)32-29(24)25;1-2-6-10(7-3-1)11-8-4-5-9-12-11;/h6-7,9-15,17H,1-5H3;1-6,8-9H;/q2*-1;/i1D3,2D3;;. The van der Waals surface area contributed by atoms with E-state index in [0.29, 0.717) is 33.6 Å². The second kappa shape index (κ2) is 13.8. The molecule has 4 nitrogen and oxygen atoms in total. The molecule has 7 rings (SSSR count). The first kappa shape index (κ1) is 25.5. The van der Waals surface area contributed by atoms with Crippen LogP contribution in [0.1, 0.15) is 24.9 Å². The van der Waals surface area contributed by atoms with Crippen molar-refractivity contribution in [2.75, 3.05) is 0 Å². The van der Waals surface area contributed by atoms with Crippen LogP contribution in [0.5, 0.6) is 0 Å². The Balaban J connectivity index is 0.000000339. The summed E-state index contributed by atoms with van der Waals surface area (Å²) < 4.78 is 55.4. The van der Waals surface area contributed by atoms with E-state index in [-0.39, 0.29) is 36.8 Å². The molecule has 0 aliphatic carbocycles. The number of pyridine rings is 2. The van der Waals surface area contributed by atoms with Crippen molar-refractivity contribution in [2.24, 2.45) is 0 Å². The molecule has 229 valence electrons. The van der Waals surface area contributed by atoms with Crippen molar-refractivity contribution in [2.45, 2.75) is 33.3 Å². The molecule has 3 heterocycles. The molecule has 7 aromatic rings. The first-order valence-corrected chi connectivity index (χ1v) is 18.0. The Labute approximate surface area is 293 Å². The molecule has 1 radical (unpaired) electrons. The van der Waals surface area contributed by atoms with Gasteiger partial charge in [0.2, 0.25) is 0 Å². The largest absolute Gasteiger partial charge is 0.501 e. The molecule has 0 spiro atoms. The van der Waals surface area contributed by atoms with Gasteiger partial charge in [-0.1, -0.05) is 78.2 Å². The van der Waals surface area contributed by atoms with Gasteiger partial charge in [0.15, 0.2) is 0 Å². The van der Waals surface area contributed by atoms with Crippen LogP contribution in [0.4, 0.5) is 0 Å². The van der Waals surface area contributed by atoms with Gasteiger partial charge in [-0.25, -0.2) is 0 Å². The van der Waals surface area contributed by atoms with Crippen molar-refractivity contribution in [3.8, 4) is 39.7 Å². The van der Waals surface area contributed by atoms with Crippen molar-refractivity contribution in [3.63, 3.8) is 0 Å². The first-order chi connectivity index (χ1) is 24.1. The van der Waals surface area contributed by atoms with E-state index in [9.17, 15) is 5.26 Å². The van der Waals surface area contributed by atoms with Crippen LogP contribution in [-0.2, 0) is 20.1 Å². The van der Waals surface area contributed by atoms with Gasteiger partial charge in [0.1, 0.15) is 5.58 Å². The number of aromatic nitrogens is 2. The molecular weight excluding hydrogens is 759 g/mol. The summed E-state index contributed by atoms with van der Waals surface area (Å²) in [5.41, 5.74) is 5.11. The molecule has 0 aliphatic heterocycles. The van der Waals surface area contributed by atoms with Gasteiger partial charge in [-0.15, -0.1) is 54.1 Å². The zero-order valence-electron chi connectivity index (χ0n) is 31.5. The fraction of sp³-hybridized carbons (Fsp3) is 0.125. The molecule has 0 atom stereocenters. The summed E-state index contributed by atoms with van der Waals surface area (Å²) >= 11 is 0. The Morgan fingerprint density at radius 2 is 1.63 bits per heavy atom. The van der Waals surface area contributed by atoms with Crippen LogP contribution >= 0.6 is 0 Å². The predicted octanol–water partition coefficient (Wildman–Crippen LogP) is 9.70. The number of hydrogen-bond donors (Lipinski definition) is 0. The molecule has 0 saturated carbocycles. The third-order valence-electron chi connectivity index (χ3n) is 7.55. The number of hydrogen-bond acceptors (Lipinski definition) is 4. The fourth-order valence-electron chi connectivity index (χ4n) is 5.14. The van der Waals surface area contributed by atoms with Crippen molar-refractivity contribution >= 4 is 35.2 Å². The minimum Gasteiger partial charge on any atom is -0.501 e. The van der Waals surface area contributed by atoms with Gasteiger partial charge in [-0.3, -0.25) is 0 Å². The third kappa shape index (κ3) is 6.78.